The fourth-order valence-corrected chi connectivity index (χ4v) is 2.73. The third-order valence-electron chi connectivity index (χ3n) is 3.60. The molecule has 1 aromatic carbocycles. The van der Waals surface area contributed by atoms with Crippen LogP contribution in [0.15, 0.2) is 53.1 Å². The summed E-state index contributed by atoms with van der Waals surface area (Å²) < 4.78 is 1.05. The molecule has 0 saturated carbocycles. The van der Waals surface area contributed by atoms with Crippen LogP contribution in [0.25, 0.3) is 11.4 Å². The maximum absolute atomic E-state index is 4.59. The van der Waals surface area contributed by atoms with Gasteiger partial charge < -0.3 is 10.6 Å². The molecule has 3 rings (SSSR count). The van der Waals surface area contributed by atoms with Gasteiger partial charge in [0.15, 0.2) is 0 Å². The fourth-order valence-electron chi connectivity index (χ4n) is 2.36. The lowest BCUT2D eigenvalue weighted by atomic mass is 10.2. The fraction of sp³-hybridized carbons (Fsp3) is 0.211. The van der Waals surface area contributed by atoms with Crippen molar-refractivity contribution in [3.63, 3.8) is 0 Å². The summed E-state index contributed by atoms with van der Waals surface area (Å²) in [6, 6.07) is 14.0. The van der Waals surface area contributed by atoms with Crippen molar-refractivity contribution in [1.29, 1.82) is 0 Å². The zero-order valence-electron chi connectivity index (χ0n) is 14.4. The Hall–Kier alpha value is -2.47. The van der Waals surface area contributed by atoms with E-state index in [2.05, 4.69) is 62.3 Å². The minimum absolute atomic E-state index is 0.236. The molecule has 0 saturated heterocycles. The van der Waals surface area contributed by atoms with E-state index in [1.165, 1.54) is 0 Å². The van der Waals surface area contributed by atoms with Crippen LogP contribution in [-0.4, -0.2) is 21.0 Å². The first-order chi connectivity index (χ1) is 12.0. The highest BCUT2D eigenvalue weighted by Gasteiger charge is 2.10. The van der Waals surface area contributed by atoms with Crippen molar-refractivity contribution in [2.24, 2.45) is 0 Å². The molecule has 5 nitrogen and oxygen atoms in total. The number of anilines is 3. The van der Waals surface area contributed by atoms with Gasteiger partial charge in [-0.15, -0.1) is 0 Å². The Bertz CT molecular complexity index is 865. The van der Waals surface area contributed by atoms with E-state index in [4.69, 9.17) is 0 Å². The topological polar surface area (TPSA) is 62.7 Å². The molecule has 3 aromatic rings. The molecule has 0 unspecified atom stereocenters. The van der Waals surface area contributed by atoms with E-state index >= 15 is 0 Å². The van der Waals surface area contributed by atoms with Crippen molar-refractivity contribution in [3.8, 4) is 11.4 Å². The monoisotopic (exact) mass is 397 g/mol. The number of halogens is 1. The Morgan fingerprint density at radius 3 is 2.56 bits per heavy atom. The number of nitrogens with zero attached hydrogens (tertiary/aromatic N) is 3. The second kappa shape index (κ2) is 7.61. The van der Waals surface area contributed by atoms with E-state index in [1.54, 1.807) is 6.20 Å². The van der Waals surface area contributed by atoms with Crippen molar-refractivity contribution in [3.05, 3.63) is 58.7 Å². The molecule has 0 radical (unpaired) electrons. The number of hydrogen-bond donors (Lipinski definition) is 2. The molecule has 2 N–H and O–H groups in total. The predicted molar refractivity (Wildman–Crippen MR) is 106 cm³/mol. The Balaban J connectivity index is 2.01. The summed E-state index contributed by atoms with van der Waals surface area (Å²) in [7, 11) is 0. The Morgan fingerprint density at radius 2 is 1.84 bits per heavy atom. The summed E-state index contributed by atoms with van der Waals surface area (Å²) in [6.07, 6.45) is 1.76. The van der Waals surface area contributed by atoms with Crippen LogP contribution in [0.1, 0.15) is 19.4 Å². The molecule has 0 fully saturated rings. The highest BCUT2D eigenvalue weighted by Crippen LogP contribution is 2.27. The Morgan fingerprint density at radius 1 is 1.00 bits per heavy atom. The van der Waals surface area contributed by atoms with Crippen molar-refractivity contribution in [1.82, 2.24) is 15.0 Å². The summed E-state index contributed by atoms with van der Waals surface area (Å²) in [5, 5.41) is 6.66. The van der Waals surface area contributed by atoms with E-state index in [-0.39, 0.29) is 6.04 Å². The lowest BCUT2D eigenvalue weighted by Gasteiger charge is -2.14. The number of benzene rings is 1. The second-order valence-corrected chi connectivity index (χ2v) is 6.87. The third kappa shape index (κ3) is 4.33. The van der Waals surface area contributed by atoms with E-state index < -0.39 is 0 Å². The van der Waals surface area contributed by atoms with Gasteiger partial charge in [-0.25, -0.2) is 4.98 Å². The van der Waals surface area contributed by atoms with Crippen LogP contribution < -0.4 is 10.6 Å². The van der Waals surface area contributed by atoms with Crippen LogP contribution in [0.3, 0.4) is 0 Å². The molecule has 0 spiro atoms. The Labute approximate surface area is 156 Å². The molecule has 0 bridgehead atoms. The highest BCUT2D eigenvalue weighted by atomic mass is 79.9. The highest BCUT2D eigenvalue weighted by molar-refractivity contribution is 9.10. The lowest BCUT2D eigenvalue weighted by molar-refractivity contribution is 0.875. The third-order valence-corrected chi connectivity index (χ3v) is 4.46. The predicted octanol–water partition coefficient (Wildman–Crippen LogP) is 5.17. The molecule has 0 aliphatic heterocycles. The van der Waals surface area contributed by atoms with Crippen LogP contribution in [0.2, 0.25) is 0 Å². The van der Waals surface area contributed by atoms with Crippen LogP contribution in [0.4, 0.5) is 17.5 Å². The summed E-state index contributed by atoms with van der Waals surface area (Å²) >= 11 is 3.56. The summed E-state index contributed by atoms with van der Waals surface area (Å²) in [5.74, 6) is 1.30. The summed E-state index contributed by atoms with van der Waals surface area (Å²) in [6.45, 7) is 6.17. The van der Waals surface area contributed by atoms with Gasteiger partial charge in [-0.05, 0) is 50.6 Å². The van der Waals surface area contributed by atoms with Gasteiger partial charge in [0.05, 0.1) is 11.4 Å². The molecule has 0 amide bonds. The number of aromatic nitrogens is 3. The number of hydrogen-bond acceptors (Lipinski definition) is 5. The first-order valence-electron chi connectivity index (χ1n) is 8.12. The SMILES string of the molecule is Cc1c(Br)cccc1Nc1cc(-c2ccccn2)nc(NC(C)C)n1. The summed E-state index contributed by atoms with van der Waals surface area (Å²) in [5.41, 5.74) is 3.70. The van der Waals surface area contributed by atoms with E-state index in [1.807, 2.05) is 42.5 Å². The molecule has 0 aliphatic carbocycles. The quantitative estimate of drug-likeness (QED) is 0.621. The minimum Gasteiger partial charge on any atom is -0.352 e. The molecular weight excluding hydrogens is 378 g/mol. The number of nitrogens with one attached hydrogen (secondary N) is 2. The van der Waals surface area contributed by atoms with Gasteiger partial charge in [0.1, 0.15) is 5.82 Å². The van der Waals surface area contributed by atoms with Crippen molar-refractivity contribution in [2.75, 3.05) is 10.6 Å². The van der Waals surface area contributed by atoms with Crippen molar-refractivity contribution >= 4 is 33.4 Å². The van der Waals surface area contributed by atoms with Gasteiger partial charge in [-0.1, -0.05) is 28.1 Å². The van der Waals surface area contributed by atoms with Gasteiger partial charge in [0, 0.05) is 28.5 Å². The maximum atomic E-state index is 4.59. The van der Waals surface area contributed by atoms with Crippen LogP contribution in [0, 0.1) is 6.92 Å². The number of rotatable bonds is 5. The molecule has 2 aromatic heterocycles. The van der Waals surface area contributed by atoms with E-state index in [9.17, 15) is 0 Å². The maximum Gasteiger partial charge on any atom is 0.225 e. The smallest absolute Gasteiger partial charge is 0.225 e. The molecule has 25 heavy (non-hydrogen) atoms. The van der Waals surface area contributed by atoms with Gasteiger partial charge >= 0.3 is 0 Å². The van der Waals surface area contributed by atoms with Crippen LogP contribution in [0.5, 0.6) is 0 Å². The number of pyridine rings is 1. The van der Waals surface area contributed by atoms with Crippen LogP contribution in [-0.2, 0) is 0 Å². The zero-order valence-corrected chi connectivity index (χ0v) is 16.0. The van der Waals surface area contributed by atoms with Crippen molar-refractivity contribution < 1.29 is 0 Å². The van der Waals surface area contributed by atoms with Crippen molar-refractivity contribution in [2.45, 2.75) is 26.8 Å². The van der Waals surface area contributed by atoms with Gasteiger partial charge in [0.2, 0.25) is 5.95 Å². The Kier molecular flexibility index (Phi) is 5.28. The molecular formula is C19H20BrN5. The average molecular weight is 398 g/mol. The van der Waals surface area contributed by atoms with Gasteiger partial charge in [-0.3, -0.25) is 4.98 Å². The molecule has 0 atom stereocenters. The standard InChI is InChI=1S/C19H20BrN5/c1-12(2)22-19-24-17(16-8-4-5-10-21-16)11-18(25-19)23-15-9-6-7-14(20)13(15)3/h4-12H,1-3H3,(H2,22,23,24,25). The van der Waals surface area contributed by atoms with E-state index in [0.29, 0.717) is 5.95 Å². The normalized spacial score (nSPS) is 10.8. The second-order valence-electron chi connectivity index (χ2n) is 6.01. The largest absolute Gasteiger partial charge is 0.352 e. The molecule has 6 heteroatoms. The summed E-state index contributed by atoms with van der Waals surface area (Å²) in [4.78, 5) is 13.6. The van der Waals surface area contributed by atoms with Gasteiger partial charge in [-0.2, -0.15) is 4.98 Å². The average Bonchev–Trinajstić information content (AvgIpc) is 2.59. The molecule has 128 valence electrons. The molecule has 0 aliphatic rings. The first kappa shape index (κ1) is 17.4. The first-order valence-corrected chi connectivity index (χ1v) is 8.91. The van der Waals surface area contributed by atoms with Crippen LogP contribution >= 0.6 is 15.9 Å². The lowest BCUT2D eigenvalue weighted by Crippen LogP contribution is -2.13. The molecule has 2 heterocycles. The zero-order chi connectivity index (χ0) is 17.8. The van der Waals surface area contributed by atoms with Gasteiger partial charge in [0.25, 0.3) is 0 Å². The minimum atomic E-state index is 0.236. The van der Waals surface area contributed by atoms with E-state index in [0.717, 1.165) is 32.9 Å².